The number of methoxy groups -OCH3 is 1. The van der Waals surface area contributed by atoms with Gasteiger partial charge in [0.15, 0.2) is 0 Å². The predicted molar refractivity (Wildman–Crippen MR) is 77.9 cm³/mol. The number of aromatic nitrogens is 2. The fraction of sp³-hybridized carbons (Fsp3) is 0.333. The molecule has 5 nitrogen and oxygen atoms in total. The summed E-state index contributed by atoms with van der Waals surface area (Å²) in [6, 6.07) is 7.62. The predicted octanol–water partition coefficient (Wildman–Crippen LogP) is 2.33. The van der Waals surface area contributed by atoms with Crippen LogP contribution in [0.25, 0.3) is 11.1 Å². The van der Waals surface area contributed by atoms with E-state index in [2.05, 4.69) is 5.10 Å². The number of esters is 1. The summed E-state index contributed by atoms with van der Waals surface area (Å²) in [5, 5.41) is 4.29. The first-order valence-corrected chi connectivity index (χ1v) is 6.39. The van der Waals surface area contributed by atoms with E-state index in [9.17, 15) is 4.79 Å². The highest BCUT2D eigenvalue weighted by Gasteiger charge is 2.29. The molecule has 0 fully saturated rings. The molecule has 2 aromatic rings. The second-order valence-corrected chi connectivity index (χ2v) is 5.43. The summed E-state index contributed by atoms with van der Waals surface area (Å²) < 4.78 is 6.54. The Labute approximate surface area is 118 Å². The molecular weight excluding hydrogens is 254 g/mol. The SMILES string of the molecule is COC(=O)C(C)(C)Cn1cc(-c2cccc(N)c2)cn1. The van der Waals surface area contributed by atoms with Crippen molar-refractivity contribution in [3.8, 4) is 11.1 Å². The Morgan fingerprint density at radius 3 is 2.80 bits per heavy atom. The maximum atomic E-state index is 11.7. The van der Waals surface area contributed by atoms with Crippen molar-refractivity contribution >= 4 is 11.7 Å². The molecule has 2 rings (SSSR count). The number of hydrogen-bond acceptors (Lipinski definition) is 4. The molecule has 1 aromatic carbocycles. The van der Waals surface area contributed by atoms with E-state index in [1.807, 2.05) is 44.3 Å². The van der Waals surface area contributed by atoms with Crippen LogP contribution in [0, 0.1) is 5.41 Å². The minimum atomic E-state index is -0.617. The summed E-state index contributed by atoms with van der Waals surface area (Å²) >= 11 is 0. The highest BCUT2D eigenvalue weighted by atomic mass is 16.5. The molecule has 2 N–H and O–H groups in total. The maximum absolute atomic E-state index is 11.7. The third kappa shape index (κ3) is 2.99. The molecular formula is C15H19N3O2. The van der Waals surface area contributed by atoms with Gasteiger partial charge in [0.05, 0.1) is 25.3 Å². The van der Waals surface area contributed by atoms with E-state index in [0.29, 0.717) is 12.2 Å². The molecule has 20 heavy (non-hydrogen) atoms. The average molecular weight is 273 g/mol. The first kappa shape index (κ1) is 14.1. The molecule has 0 bridgehead atoms. The van der Waals surface area contributed by atoms with Gasteiger partial charge in [0.25, 0.3) is 0 Å². The van der Waals surface area contributed by atoms with Crippen LogP contribution in [0.5, 0.6) is 0 Å². The normalized spacial score (nSPS) is 11.3. The Hall–Kier alpha value is -2.30. The lowest BCUT2D eigenvalue weighted by atomic mass is 9.94. The average Bonchev–Trinajstić information content (AvgIpc) is 2.85. The second kappa shape index (κ2) is 5.36. The Balaban J connectivity index is 2.20. The third-order valence-electron chi connectivity index (χ3n) is 3.15. The van der Waals surface area contributed by atoms with E-state index in [1.165, 1.54) is 7.11 Å². The molecule has 0 saturated heterocycles. The first-order chi connectivity index (χ1) is 9.42. The van der Waals surface area contributed by atoms with Crippen molar-refractivity contribution in [2.75, 3.05) is 12.8 Å². The van der Waals surface area contributed by atoms with Crippen LogP contribution in [0.4, 0.5) is 5.69 Å². The number of carbonyl (C=O) groups excluding carboxylic acids is 1. The molecule has 0 atom stereocenters. The summed E-state index contributed by atoms with van der Waals surface area (Å²) in [6.07, 6.45) is 3.67. The Bertz CT molecular complexity index is 617. The molecule has 0 aliphatic heterocycles. The largest absolute Gasteiger partial charge is 0.469 e. The minimum Gasteiger partial charge on any atom is -0.469 e. The molecule has 0 unspecified atom stereocenters. The van der Waals surface area contributed by atoms with E-state index in [1.54, 1.807) is 10.9 Å². The zero-order valence-corrected chi connectivity index (χ0v) is 12.0. The molecule has 0 spiro atoms. The quantitative estimate of drug-likeness (QED) is 0.685. The standard InChI is InChI=1S/C15H19N3O2/c1-15(2,14(19)20-3)10-18-9-12(8-17-18)11-5-4-6-13(16)7-11/h4-9H,10,16H2,1-3H3. The van der Waals surface area contributed by atoms with Crippen LogP contribution >= 0.6 is 0 Å². The van der Waals surface area contributed by atoms with Gasteiger partial charge in [-0.05, 0) is 31.5 Å². The van der Waals surface area contributed by atoms with Crippen molar-refractivity contribution in [1.82, 2.24) is 9.78 Å². The molecule has 0 aliphatic carbocycles. The van der Waals surface area contributed by atoms with Crippen molar-refractivity contribution < 1.29 is 9.53 Å². The van der Waals surface area contributed by atoms with Gasteiger partial charge in [0.2, 0.25) is 0 Å². The lowest BCUT2D eigenvalue weighted by Crippen LogP contribution is -2.30. The lowest BCUT2D eigenvalue weighted by molar-refractivity contribution is -0.151. The van der Waals surface area contributed by atoms with Crippen molar-refractivity contribution in [3.63, 3.8) is 0 Å². The van der Waals surface area contributed by atoms with Crippen LogP contribution in [0.1, 0.15) is 13.8 Å². The second-order valence-electron chi connectivity index (χ2n) is 5.43. The van der Waals surface area contributed by atoms with Gasteiger partial charge in [-0.15, -0.1) is 0 Å². The minimum absolute atomic E-state index is 0.251. The number of benzene rings is 1. The van der Waals surface area contributed by atoms with Gasteiger partial charge in [-0.1, -0.05) is 12.1 Å². The summed E-state index contributed by atoms with van der Waals surface area (Å²) in [5.74, 6) is -0.251. The smallest absolute Gasteiger partial charge is 0.313 e. The summed E-state index contributed by atoms with van der Waals surface area (Å²) in [4.78, 5) is 11.7. The number of ether oxygens (including phenoxy) is 1. The van der Waals surface area contributed by atoms with Crippen molar-refractivity contribution in [1.29, 1.82) is 0 Å². The molecule has 1 aromatic heterocycles. The number of hydrogen-bond donors (Lipinski definition) is 1. The summed E-state index contributed by atoms with van der Waals surface area (Å²) in [5.41, 5.74) is 7.85. The lowest BCUT2D eigenvalue weighted by Gasteiger charge is -2.20. The molecule has 5 heteroatoms. The van der Waals surface area contributed by atoms with Crippen molar-refractivity contribution in [2.45, 2.75) is 20.4 Å². The van der Waals surface area contributed by atoms with Gasteiger partial charge >= 0.3 is 5.97 Å². The molecule has 0 saturated carbocycles. The van der Waals surface area contributed by atoms with Crippen LogP contribution in [-0.4, -0.2) is 22.9 Å². The molecule has 1 heterocycles. The van der Waals surface area contributed by atoms with Gasteiger partial charge in [-0.2, -0.15) is 5.10 Å². The first-order valence-electron chi connectivity index (χ1n) is 6.39. The Morgan fingerprint density at radius 2 is 2.15 bits per heavy atom. The molecule has 0 amide bonds. The number of nitrogens with two attached hydrogens (primary N) is 1. The zero-order valence-electron chi connectivity index (χ0n) is 12.0. The fourth-order valence-electron chi connectivity index (χ4n) is 2.06. The number of rotatable bonds is 4. The summed E-state index contributed by atoms with van der Waals surface area (Å²) in [6.45, 7) is 4.13. The van der Waals surface area contributed by atoms with Gasteiger partial charge < -0.3 is 10.5 Å². The Morgan fingerprint density at radius 1 is 1.40 bits per heavy atom. The molecule has 106 valence electrons. The number of carbonyl (C=O) groups is 1. The molecule has 0 aliphatic rings. The van der Waals surface area contributed by atoms with Gasteiger partial charge in [-0.25, -0.2) is 0 Å². The van der Waals surface area contributed by atoms with Gasteiger partial charge in [0.1, 0.15) is 0 Å². The van der Waals surface area contributed by atoms with E-state index in [4.69, 9.17) is 10.5 Å². The van der Waals surface area contributed by atoms with Crippen LogP contribution in [0.3, 0.4) is 0 Å². The van der Waals surface area contributed by atoms with Crippen LogP contribution in [0.15, 0.2) is 36.7 Å². The fourth-order valence-corrected chi connectivity index (χ4v) is 2.06. The van der Waals surface area contributed by atoms with E-state index in [-0.39, 0.29) is 5.97 Å². The van der Waals surface area contributed by atoms with E-state index < -0.39 is 5.41 Å². The monoisotopic (exact) mass is 273 g/mol. The van der Waals surface area contributed by atoms with Crippen LogP contribution < -0.4 is 5.73 Å². The van der Waals surface area contributed by atoms with E-state index in [0.717, 1.165) is 11.1 Å². The highest BCUT2D eigenvalue weighted by molar-refractivity contribution is 5.75. The van der Waals surface area contributed by atoms with Gasteiger partial charge in [-0.3, -0.25) is 9.48 Å². The summed E-state index contributed by atoms with van der Waals surface area (Å²) in [7, 11) is 1.39. The van der Waals surface area contributed by atoms with Crippen molar-refractivity contribution in [3.05, 3.63) is 36.7 Å². The topological polar surface area (TPSA) is 70.1 Å². The van der Waals surface area contributed by atoms with Crippen LogP contribution in [-0.2, 0) is 16.1 Å². The Kier molecular flexibility index (Phi) is 3.79. The zero-order chi connectivity index (χ0) is 14.8. The van der Waals surface area contributed by atoms with Crippen LogP contribution in [0.2, 0.25) is 0 Å². The number of nitrogens with zero attached hydrogens (tertiary/aromatic N) is 2. The molecule has 0 radical (unpaired) electrons. The van der Waals surface area contributed by atoms with Crippen molar-refractivity contribution in [2.24, 2.45) is 5.41 Å². The maximum Gasteiger partial charge on any atom is 0.313 e. The number of anilines is 1. The third-order valence-corrected chi connectivity index (χ3v) is 3.15. The van der Waals surface area contributed by atoms with Gasteiger partial charge in [0, 0.05) is 17.4 Å². The number of nitrogen functional groups attached to an aromatic ring is 1. The highest BCUT2D eigenvalue weighted by Crippen LogP contribution is 2.23. The van der Waals surface area contributed by atoms with E-state index >= 15 is 0 Å².